The van der Waals surface area contributed by atoms with Crippen LogP contribution in [-0.2, 0) is 11.3 Å². The van der Waals surface area contributed by atoms with Gasteiger partial charge in [-0.2, -0.15) is 5.10 Å². The van der Waals surface area contributed by atoms with Gasteiger partial charge in [0.1, 0.15) is 11.7 Å². The Morgan fingerprint density at radius 2 is 1.63 bits per heavy atom. The number of amidine groups is 1. The van der Waals surface area contributed by atoms with Crippen LogP contribution in [0.2, 0.25) is 0 Å². The van der Waals surface area contributed by atoms with Crippen LogP contribution >= 0.6 is 11.3 Å². The smallest absolute Gasteiger partial charge is 0.355 e. The van der Waals surface area contributed by atoms with Crippen LogP contribution in [0.1, 0.15) is 172 Å². The number of carboxylic acids is 1. The summed E-state index contributed by atoms with van der Waals surface area (Å²) in [7, 11) is 2.26. The van der Waals surface area contributed by atoms with Crippen molar-refractivity contribution in [3.8, 4) is 11.1 Å². The summed E-state index contributed by atoms with van der Waals surface area (Å²) in [4.78, 5) is 26.6. The molecule has 5 atom stereocenters. The third kappa shape index (κ3) is 10.9. The quantitative estimate of drug-likeness (QED) is 0.0521. The molecule has 3 aromatic heterocycles. The summed E-state index contributed by atoms with van der Waals surface area (Å²) in [6, 6.07) is 11.6. The molecule has 1 saturated heterocycles. The van der Waals surface area contributed by atoms with E-state index in [0.717, 1.165) is 91.0 Å². The van der Waals surface area contributed by atoms with E-state index in [4.69, 9.17) is 20.6 Å². The molecule has 12 nitrogen and oxygen atoms in total. The molecule has 9 rings (SSSR count). The fraction of sp³-hybridized carbons (Fsp3) is 0.655. The minimum absolute atomic E-state index is 0.0479. The number of unbranched alkanes of at least 4 members (excludes halogenated alkanes) is 12. The number of carboxylic acid groups (broad SMARTS) is 1. The molecule has 0 radical (unpaired) electrons. The van der Waals surface area contributed by atoms with Crippen molar-refractivity contribution in [2.45, 2.75) is 181 Å². The number of hydrogen-bond acceptors (Lipinski definition) is 9. The Morgan fingerprint density at radius 1 is 0.926 bits per heavy atom. The van der Waals surface area contributed by atoms with E-state index in [1.54, 1.807) is 4.90 Å². The molecule has 5 aliphatic rings. The van der Waals surface area contributed by atoms with E-state index in [2.05, 4.69) is 54.6 Å². The van der Waals surface area contributed by atoms with Gasteiger partial charge >= 0.3 is 5.97 Å². The summed E-state index contributed by atoms with van der Waals surface area (Å²) in [5.74, 6) is -0.448. The van der Waals surface area contributed by atoms with Crippen LogP contribution < -0.4 is 10.2 Å². The molecule has 0 spiro atoms. The van der Waals surface area contributed by atoms with Crippen molar-refractivity contribution in [1.82, 2.24) is 24.6 Å². The lowest BCUT2D eigenvalue weighted by Crippen LogP contribution is -2.45. The Morgan fingerprint density at radius 3 is 2.34 bits per heavy atom. The van der Waals surface area contributed by atoms with E-state index in [9.17, 15) is 15.3 Å². The molecule has 4 aliphatic carbocycles. The van der Waals surface area contributed by atoms with E-state index in [1.807, 2.05) is 49.5 Å². The highest BCUT2D eigenvalue weighted by Gasteiger charge is 2.73. The third-order valence-corrected chi connectivity index (χ3v) is 17.5. The lowest BCUT2D eigenvalue weighted by atomic mass is 9.65. The molecule has 0 amide bonds. The molecule has 370 valence electrons. The number of fused-ring (bicyclic) bond motifs is 1. The highest BCUT2D eigenvalue weighted by atomic mass is 32.1. The molecule has 4 saturated carbocycles. The van der Waals surface area contributed by atoms with Crippen molar-refractivity contribution >= 4 is 44.3 Å². The van der Waals surface area contributed by atoms with E-state index in [-0.39, 0.29) is 33.4 Å². The van der Waals surface area contributed by atoms with E-state index in [0.29, 0.717) is 29.5 Å². The van der Waals surface area contributed by atoms with Crippen LogP contribution in [0.3, 0.4) is 0 Å². The molecule has 4 N–H and O–H groups in total. The summed E-state index contributed by atoms with van der Waals surface area (Å²) in [6.07, 6.45) is 26.0. The number of pyridine rings is 1. The van der Waals surface area contributed by atoms with Gasteiger partial charge in [0.15, 0.2) is 10.8 Å². The number of piperidine rings is 1. The summed E-state index contributed by atoms with van der Waals surface area (Å²) in [5.41, 5.74) is 13.8. The molecule has 4 bridgehead atoms. The maximum Gasteiger partial charge on any atom is 0.355 e. The van der Waals surface area contributed by atoms with Gasteiger partial charge < -0.3 is 30.7 Å². The highest BCUT2D eigenvalue weighted by Crippen LogP contribution is 2.78. The SMILES string of the molecule is CCCCCCCCCCCCCCCN(C)CCOC12CC3(C)CC(C)(C1)C(Cn1ncc(-c4ccc(N5CCC/C(=C(\C)C([NH-])Nc6nc7ccccc7s6)C5=N)nc4C(=O)O)c1C)(C3)C2. The zero-order chi connectivity index (χ0) is 48.1. The number of aromatic nitrogens is 4. The van der Waals surface area contributed by atoms with Crippen molar-refractivity contribution in [2.24, 2.45) is 16.2 Å². The number of benzene rings is 1. The molecule has 1 aromatic carbocycles. The van der Waals surface area contributed by atoms with Crippen molar-refractivity contribution in [2.75, 3.05) is 43.5 Å². The molecular weight excluding hydrogens is 867 g/mol. The van der Waals surface area contributed by atoms with Gasteiger partial charge in [-0.25, -0.2) is 14.8 Å². The normalized spacial score (nSPS) is 25.6. The first kappa shape index (κ1) is 50.2. The molecule has 5 fully saturated rings. The summed E-state index contributed by atoms with van der Waals surface area (Å²) < 4.78 is 10.2. The number of carbonyl (C=O) groups is 1. The maximum atomic E-state index is 13.0. The first-order chi connectivity index (χ1) is 32.7. The van der Waals surface area contributed by atoms with Crippen LogP contribution in [0, 0.1) is 28.6 Å². The number of anilines is 2. The molecule has 13 heteroatoms. The zero-order valence-corrected chi connectivity index (χ0v) is 43.0. The van der Waals surface area contributed by atoms with Crippen molar-refractivity contribution in [3.63, 3.8) is 0 Å². The largest absolute Gasteiger partial charge is 0.654 e. The van der Waals surface area contributed by atoms with Gasteiger partial charge in [0.2, 0.25) is 0 Å². The second kappa shape index (κ2) is 21.4. The van der Waals surface area contributed by atoms with E-state index in [1.165, 1.54) is 101 Å². The van der Waals surface area contributed by atoms with Crippen molar-refractivity contribution in [1.29, 1.82) is 5.41 Å². The summed E-state index contributed by atoms with van der Waals surface area (Å²) in [6.45, 7) is 15.4. The van der Waals surface area contributed by atoms with Crippen LogP contribution in [0.5, 0.6) is 0 Å². The Bertz CT molecular complexity index is 2400. The first-order valence-electron chi connectivity index (χ1n) is 26.2. The van der Waals surface area contributed by atoms with Crippen LogP contribution in [0.15, 0.2) is 53.7 Å². The number of para-hydroxylation sites is 1. The predicted molar refractivity (Wildman–Crippen MR) is 279 cm³/mol. The molecular formula is C55H80N9O3S-. The third-order valence-electron chi connectivity index (χ3n) is 16.5. The molecule has 1 aliphatic heterocycles. The number of nitrogens with one attached hydrogen (secondary N) is 3. The standard InChI is InChI=1S/C55H80N9O3S/c1-7-8-9-10-11-12-13-14-15-16-17-18-21-28-62(6)30-31-67-55-35-52(4)33-53(5,36-55)54(34-52,37-55)38-64-40(3)43(32-58-64)42-26-27-46(60-47(42)50(65)66)63-29-22-23-41(49(63)57)39(2)48(56)61-51-59-44-24-19-20-25-45(44)68-51/h19-20,24-27,32,48,56-57H,7-18,21-23,28-31,33-38H2,1-6H3,(H,59,61)(H,65,66)/q-1/b41-39-,57-49?. The lowest BCUT2D eigenvalue weighted by molar-refractivity contribution is -0.112. The van der Waals surface area contributed by atoms with Crippen LogP contribution in [0.25, 0.3) is 27.1 Å². The number of ether oxygens (including phenoxy) is 1. The molecule has 4 aromatic rings. The lowest BCUT2D eigenvalue weighted by Gasteiger charge is -2.46. The second-order valence-electron chi connectivity index (χ2n) is 22.1. The number of rotatable bonds is 26. The van der Waals surface area contributed by atoms with Gasteiger partial charge in [-0.05, 0) is 131 Å². The molecule has 4 heterocycles. The average Bonchev–Trinajstić information content (AvgIpc) is 3.96. The van der Waals surface area contributed by atoms with Gasteiger partial charge in [0.25, 0.3) is 0 Å². The van der Waals surface area contributed by atoms with Crippen molar-refractivity contribution < 1.29 is 14.6 Å². The topological polar surface area (TPSA) is 156 Å². The van der Waals surface area contributed by atoms with Gasteiger partial charge in [-0.1, -0.05) is 127 Å². The highest BCUT2D eigenvalue weighted by molar-refractivity contribution is 7.22. The minimum Gasteiger partial charge on any atom is -0.654 e. The van der Waals surface area contributed by atoms with Gasteiger partial charge in [-0.15, -0.1) is 0 Å². The minimum atomic E-state index is -1.12. The fourth-order valence-corrected chi connectivity index (χ4v) is 14.3. The number of nitrogens with zero attached hydrogens (tertiary/aromatic N) is 6. The summed E-state index contributed by atoms with van der Waals surface area (Å²) >= 11 is 1.51. The van der Waals surface area contributed by atoms with E-state index >= 15 is 0 Å². The van der Waals surface area contributed by atoms with Gasteiger partial charge in [-0.3, -0.25) is 10.1 Å². The number of thiazole rings is 1. The maximum absolute atomic E-state index is 13.0. The van der Waals surface area contributed by atoms with Gasteiger partial charge in [0, 0.05) is 36.5 Å². The number of hydrogen-bond donors (Lipinski definition) is 3. The number of aromatic carboxylic acids is 1. The Balaban J connectivity index is 0.862. The zero-order valence-electron chi connectivity index (χ0n) is 42.2. The second-order valence-corrected chi connectivity index (χ2v) is 23.1. The Kier molecular flexibility index (Phi) is 15.8. The first-order valence-corrected chi connectivity index (χ1v) is 27.0. The Hall–Kier alpha value is -4.17. The number of likely N-dealkylation sites (N-methyl/N-ethyl adjacent to an activating group) is 1. The predicted octanol–water partition coefficient (Wildman–Crippen LogP) is 13.7. The van der Waals surface area contributed by atoms with Crippen molar-refractivity contribution in [3.05, 3.63) is 70.9 Å². The molecule has 68 heavy (non-hydrogen) atoms. The van der Waals surface area contributed by atoms with E-state index < -0.39 is 12.1 Å². The van der Waals surface area contributed by atoms with Crippen LogP contribution in [-0.4, -0.2) is 86.6 Å². The fourth-order valence-electron chi connectivity index (χ4n) is 13.4. The average molecular weight is 947 g/mol. The van der Waals surface area contributed by atoms with Crippen LogP contribution in [0.4, 0.5) is 10.9 Å². The van der Waals surface area contributed by atoms with Gasteiger partial charge in [0.05, 0.1) is 28.6 Å². The monoisotopic (exact) mass is 947 g/mol. The Labute approximate surface area is 410 Å². The summed E-state index contributed by atoms with van der Waals surface area (Å²) in [5, 5.41) is 28.7. The molecule has 5 unspecified atom stereocenters.